The van der Waals surface area contributed by atoms with Crippen LogP contribution in [-0.4, -0.2) is 46.4 Å². The largest absolute Gasteiger partial charge is 0.371 e. The Labute approximate surface area is 119 Å². The van der Waals surface area contributed by atoms with E-state index >= 15 is 0 Å². The number of hydrogen-bond acceptors (Lipinski definition) is 3. The molecule has 1 amide bonds. The van der Waals surface area contributed by atoms with Crippen LogP contribution in [0.2, 0.25) is 0 Å². The van der Waals surface area contributed by atoms with Crippen molar-refractivity contribution in [2.75, 3.05) is 19.8 Å². The van der Waals surface area contributed by atoms with E-state index in [9.17, 15) is 4.79 Å². The lowest BCUT2D eigenvalue weighted by atomic mass is 10.0. The van der Waals surface area contributed by atoms with Gasteiger partial charge in [-0.05, 0) is 44.1 Å². The van der Waals surface area contributed by atoms with Gasteiger partial charge in [-0.15, -0.1) is 0 Å². The first-order valence-electron chi connectivity index (χ1n) is 7.67. The molecule has 1 aromatic heterocycles. The van der Waals surface area contributed by atoms with E-state index in [1.54, 1.807) is 6.20 Å². The van der Waals surface area contributed by atoms with Gasteiger partial charge in [0.2, 0.25) is 5.91 Å². The third kappa shape index (κ3) is 3.60. The molecule has 110 valence electrons. The third-order valence-electron chi connectivity index (χ3n) is 4.18. The first-order chi connectivity index (χ1) is 9.83. The average molecular weight is 277 g/mol. The Hall–Kier alpha value is -1.36. The van der Waals surface area contributed by atoms with Gasteiger partial charge in [0.05, 0.1) is 19.2 Å². The molecule has 1 aromatic rings. The molecule has 2 fully saturated rings. The number of amides is 1. The van der Waals surface area contributed by atoms with Gasteiger partial charge in [0, 0.05) is 18.9 Å². The maximum Gasteiger partial charge on any atom is 0.248 e. The van der Waals surface area contributed by atoms with E-state index in [1.807, 2.05) is 21.8 Å². The Balaban J connectivity index is 1.51. The lowest BCUT2D eigenvalue weighted by Crippen LogP contribution is -2.47. The molecule has 0 N–H and O–H groups in total. The van der Waals surface area contributed by atoms with Gasteiger partial charge in [0.25, 0.3) is 0 Å². The van der Waals surface area contributed by atoms with Crippen LogP contribution in [0.15, 0.2) is 18.5 Å². The van der Waals surface area contributed by atoms with E-state index in [2.05, 4.69) is 5.10 Å². The summed E-state index contributed by atoms with van der Waals surface area (Å²) in [5.41, 5.74) is 0. The Morgan fingerprint density at radius 3 is 2.95 bits per heavy atom. The van der Waals surface area contributed by atoms with Crippen LogP contribution in [0.3, 0.4) is 0 Å². The highest BCUT2D eigenvalue weighted by atomic mass is 16.5. The van der Waals surface area contributed by atoms with Gasteiger partial charge in [-0.2, -0.15) is 5.10 Å². The molecule has 0 aromatic carbocycles. The predicted octanol–water partition coefficient (Wildman–Crippen LogP) is 1.69. The first-order valence-corrected chi connectivity index (χ1v) is 7.67. The number of carbonyl (C=O) groups excluding carboxylic acids is 1. The van der Waals surface area contributed by atoms with Crippen LogP contribution in [0.4, 0.5) is 0 Å². The summed E-state index contributed by atoms with van der Waals surface area (Å²) in [7, 11) is 0. The van der Waals surface area contributed by atoms with Gasteiger partial charge < -0.3 is 9.64 Å². The van der Waals surface area contributed by atoms with Gasteiger partial charge in [-0.1, -0.05) is 0 Å². The Morgan fingerprint density at radius 1 is 1.30 bits per heavy atom. The van der Waals surface area contributed by atoms with Gasteiger partial charge in [0.1, 0.15) is 6.61 Å². The Kier molecular flexibility index (Phi) is 4.35. The van der Waals surface area contributed by atoms with E-state index in [1.165, 1.54) is 19.3 Å². The maximum atomic E-state index is 12.3. The van der Waals surface area contributed by atoms with Gasteiger partial charge >= 0.3 is 0 Å². The summed E-state index contributed by atoms with van der Waals surface area (Å²) in [6, 6.07) is 2.19. The molecule has 2 aliphatic rings. The molecule has 1 atom stereocenters. The zero-order valence-electron chi connectivity index (χ0n) is 11.9. The summed E-state index contributed by atoms with van der Waals surface area (Å²) >= 11 is 0. The number of carbonyl (C=O) groups is 1. The number of hydrogen-bond donors (Lipinski definition) is 0. The van der Waals surface area contributed by atoms with Gasteiger partial charge in [-0.3, -0.25) is 9.48 Å². The van der Waals surface area contributed by atoms with Crippen LogP contribution in [0.25, 0.3) is 0 Å². The summed E-state index contributed by atoms with van der Waals surface area (Å²) in [5, 5.41) is 4.25. The van der Waals surface area contributed by atoms with Crippen molar-refractivity contribution in [3.8, 4) is 0 Å². The second-order valence-corrected chi connectivity index (χ2v) is 5.92. The monoisotopic (exact) mass is 277 g/mol. The van der Waals surface area contributed by atoms with Crippen molar-refractivity contribution >= 4 is 5.91 Å². The molecule has 1 aliphatic carbocycles. The molecular weight excluding hydrogens is 254 g/mol. The average Bonchev–Trinajstić information content (AvgIpc) is 3.14. The van der Waals surface area contributed by atoms with Crippen molar-refractivity contribution < 1.29 is 9.53 Å². The van der Waals surface area contributed by atoms with Crippen molar-refractivity contribution in [1.82, 2.24) is 14.7 Å². The minimum atomic E-state index is 0.141. The minimum Gasteiger partial charge on any atom is -0.371 e. The lowest BCUT2D eigenvalue weighted by Gasteiger charge is -2.35. The van der Waals surface area contributed by atoms with Crippen LogP contribution in [0.5, 0.6) is 0 Å². The van der Waals surface area contributed by atoms with Crippen LogP contribution >= 0.6 is 0 Å². The molecule has 1 saturated heterocycles. The van der Waals surface area contributed by atoms with E-state index in [4.69, 9.17) is 4.74 Å². The van der Waals surface area contributed by atoms with Crippen LogP contribution in [0.1, 0.15) is 32.1 Å². The van der Waals surface area contributed by atoms with Crippen molar-refractivity contribution in [2.24, 2.45) is 5.92 Å². The van der Waals surface area contributed by atoms with Crippen molar-refractivity contribution in [3.05, 3.63) is 18.5 Å². The molecule has 0 bridgehead atoms. The smallest absolute Gasteiger partial charge is 0.248 e. The summed E-state index contributed by atoms with van der Waals surface area (Å²) < 4.78 is 7.46. The predicted molar refractivity (Wildman–Crippen MR) is 75.1 cm³/mol. The van der Waals surface area contributed by atoms with E-state index in [0.29, 0.717) is 5.92 Å². The highest BCUT2D eigenvalue weighted by Gasteiger charge is 2.28. The number of ether oxygens (including phenoxy) is 1. The fraction of sp³-hybridized carbons (Fsp3) is 0.733. The highest BCUT2D eigenvalue weighted by Crippen LogP contribution is 2.28. The van der Waals surface area contributed by atoms with Gasteiger partial charge in [-0.25, -0.2) is 0 Å². The summed E-state index contributed by atoms with van der Waals surface area (Å²) in [4.78, 5) is 14.3. The van der Waals surface area contributed by atoms with Crippen LogP contribution in [-0.2, 0) is 16.1 Å². The summed E-state index contributed by atoms with van der Waals surface area (Å²) in [6.45, 7) is 2.65. The van der Waals surface area contributed by atoms with Crippen molar-refractivity contribution in [2.45, 2.75) is 44.7 Å². The second-order valence-electron chi connectivity index (χ2n) is 5.92. The normalized spacial score (nSPS) is 23.0. The Bertz CT molecular complexity index is 428. The number of piperidine rings is 1. The summed E-state index contributed by atoms with van der Waals surface area (Å²) in [5.74, 6) is 0.853. The van der Waals surface area contributed by atoms with E-state index < -0.39 is 0 Å². The summed E-state index contributed by atoms with van der Waals surface area (Å²) in [6.07, 6.45) is 9.63. The number of rotatable bonds is 6. The topological polar surface area (TPSA) is 47.4 Å². The van der Waals surface area contributed by atoms with Crippen LogP contribution < -0.4 is 0 Å². The fourth-order valence-corrected chi connectivity index (χ4v) is 2.82. The van der Waals surface area contributed by atoms with E-state index in [0.717, 1.165) is 32.5 Å². The van der Waals surface area contributed by atoms with Gasteiger partial charge in [0.15, 0.2) is 0 Å². The third-order valence-corrected chi connectivity index (χ3v) is 4.18. The molecule has 1 unspecified atom stereocenters. The Morgan fingerprint density at radius 2 is 2.20 bits per heavy atom. The highest BCUT2D eigenvalue weighted by molar-refractivity contribution is 5.77. The van der Waals surface area contributed by atoms with Crippen molar-refractivity contribution in [1.29, 1.82) is 0 Å². The lowest BCUT2D eigenvalue weighted by molar-refractivity contribution is -0.140. The fourth-order valence-electron chi connectivity index (χ4n) is 2.82. The SMILES string of the molecule is O=C(COCC1CC1)N1CCCCC1Cn1cccn1. The first kappa shape index (κ1) is 13.6. The number of nitrogens with zero attached hydrogens (tertiary/aromatic N) is 3. The number of likely N-dealkylation sites (tertiary alicyclic amines) is 1. The molecular formula is C15H23N3O2. The molecule has 20 heavy (non-hydrogen) atoms. The molecule has 5 nitrogen and oxygen atoms in total. The van der Waals surface area contributed by atoms with Crippen LogP contribution in [0, 0.1) is 5.92 Å². The zero-order chi connectivity index (χ0) is 13.8. The van der Waals surface area contributed by atoms with Crippen molar-refractivity contribution in [3.63, 3.8) is 0 Å². The molecule has 0 radical (unpaired) electrons. The molecule has 1 aliphatic heterocycles. The minimum absolute atomic E-state index is 0.141. The van der Waals surface area contributed by atoms with E-state index in [-0.39, 0.29) is 18.6 Å². The quantitative estimate of drug-likeness (QED) is 0.795. The maximum absolute atomic E-state index is 12.3. The standard InChI is InChI=1S/C15H23N3O2/c19-15(12-20-11-13-5-6-13)18-9-2-1-4-14(18)10-17-8-3-7-16-17/h3,7-8,13-14H,1-2,4-6,9-12H2. The molecule has 5 heteroatoms. The molecule has 0 spiro atoms. The zero-order valence-corrected chi connectivity index (χ0v) is 11.9. The molecule has 1 saturated carbocycles. The molecule has 3 rings (SSSR count). The number of aromatic nitrogens is 2. The second kappa shape index (κ2) is 6.39. The molecule has 2 heterocycles.